The lowest BCUT2D eigenvalue weighted by molar-refractivity contribution is -0.0607. The zero-order valence-corrected chi connectivity index (χ0v) is 18.0. The topological polar surface area (TPSA) is 72.8 Å². The van der Waals surface area contributed by atoms with E-state index in [2.05, 4.69) is 22.5 Å². The molecule has 0 spiro atoms. The average Bonchev–Trinajstić information content (AvgIpc) is 2.61. The second-order valence-electron chi connectivity index (χ2n) is 6.13. The van der Waals surface area contributed by atoms with E-state index in [1.807, 2.05) is 13.0 Å². The van der Waals surface area contributed by atoms with Gasteiger partial charge < -0.3 is 14.6 Å². The van der Waals surface area contributed by atoms with Crippen molar-refractivity contribution in [2.45, 2.75) is 43.3 Å². The fourth-order valence-corrected chi connectivity index (χ4v) is 4.01. The Hall–Kier alpha value is -0.990. The lowest BCUT2D eigenvalue weighted by Crippen LogP contribution is -2.39. The molecule has 0 saturated heterocycles. The van der Waals surface area contributed by atoms with Crippen LogP contribution in [0.5, 0.6) is 0 Å². The lowest BCUT2D eigenvalue weighted by Gasteiger charge is -2.30. The fourth-order valence-electron chi connectivity index (χ4n) is 2.57. The van der Waals surface area contributed by atoms with Gasteiger partial charge in [0, 0.05) is 17.5 Å². The number of aliphatic hydroxyl groups is 1. The summed E-state index contributed by atoms with van der Waals surface area (Å²) >= 11 is 3.30. The van der Waals surface area contributed by atoms with E-state index < -0.39 is 27.5 Å². The van der Waals surface area contributed by atoms with E-state index in [1.54, 1.807) is 25.1 Å². The van der Waals surface area contributed by atoms with Gasteiger partial charge in [-0.2, -0.15) is 0 Å². The number of methoxy groups -OCH3 is 1. The molecule has 0 aliphatic heterocycles. The van der Waals surface area contributed by atoms with Crippen LogP contribution in [0.25, 0.3) is 0 Å². The minimum atomic E-state index is -3.67. The van der Waals surface area contributed by atoms with Gasteiger partial charge in [0.25, 0.3) is 0 Å². The van der Waals surface area contributed by atoms with Crippen LogP contribution in [0.3, 0.4) is 0 Å². The second-order valence-corrected chi connectivity index (χ2v) is 9.27. The van der Waals surface area contributed by atoms with Gasteiger partial charge in [-0.15, -0.1) is 6.58 Å². The second kappa shape index (κ2) is 10.4. The predicted octanol–water partition coefficient (Wildman–Crippen LogP) is 3.73. The number of sulfone groups is 1. The molecule has 0 amide bonds. The third-order valence-electron chi connectivity index (χ3n) is 4.07. The predicted molar refractivity (Wildman–Crippen MR) is 107 cm³/mol. The van der Waals surface area contributed by atoms with Gasteiger partial charge in [-0.1, -0.05) is 40.6 Å². The molecule has 1 rings (SSSR count). The van der Waals surface area contributed by atoms with Gasteiger partial charge in [-0.05, 0) is 38.1 Å². The third kappa shape index (κ3) is 6.03. The normalized spacial score (nSPS) is 17.4. The molecule has 0 aliphatic rings. The Morgan fingerprint density at radius 1 is 1.31 bits per heavy atom. The zero-order valence-electron chi connectivity index (χ0n) is 15.6. The van der Waals surface area contributed by atoms with Crippen molar-refractivity contribution in [3.63, 3.8) is 0 Å². The van der Waals surface area contributed by atoms with Crippen molar-refractivity contribution < 1.29 is 23.0 Å². The molecule has 1 aromatic carbocycles. The minimum Gasteiger partial charge on any atom is -0.392 e. The van der Waals surface area contributed by atoms with E-state index in [4.69, 9.17) is 9.47 Å². The van der Waals surface area contributed by atoms with E-state index in [1.165, 1.54) is 26.2 Å². The maximum atomic E-state index is 12.8. The van der Waals surface area contributed by atoms with Crippen LogP contribution in [0.1, 0.15) is 20.8 Å². The number of ether oxygens (including phenoxy) is 2. The van der Waals surface area contributed by atoms with E-state index in [0.717, 1.165) is 10.0 Å². The highest BCUT2D eigenvalue weighted by molar-refractivity contribution is 9.10. The fraction of sp³-hybridized carbons (Fsp3) is 0.474. The molecule has 0 fully saturated rings. The minimum absolute atomic E-state index is 0.0739. The number of halogens is 1. The molecular formula is C19H27BrO5S. The van der Waals surface area contributed by atoms with Gasteiger partial charge in [-0.3, -0.25) is 0 Å². The standard InChI is InChI=1S/C19H27BrO5S/c1-6-18(24-5)19(14(3)11-13(2)12-21)25-15(4)26(22,23)17-9-7-16(20)8-10-17/h6-11,14-15,18-19,21H,1,12H2,2-5H3/b13-11-/t14-,15?,18+,19+/m1/s1. The number of benzene rings is 1. The summed E-state index contributed by atoms with van der Waals surface area (Å²) in [5, 5.41) is 9.24. The smallest absolute Gasteiger partial charge is 0.204 e. The molecule has 1 N–H and O–H groups in total. The first-order chi connectivity index (χ1) is 12.2. The van der Waals surface area contributed by atoms with Crippen molar-refractivity contribution in [1.29, 1.82) is 0 Å². The highest BCUT2D eigenvalue weighted by Gasteiger charge is 2.32. The van der Waals surface area contributed by atoms with Gasteiger partial charge >= 0.3 is 0 Å². The molecule has 1 unspecified atom stereocenters. The summed E-state index contributed by atoms with van der Waals surface area (Å²) in [6.45, 7) is 8.86. The van der Waals surface area contributed by atoms with Gasteiger partial charge in [-0.25, -0.2) is 8.42 Å². The molecule has 0 saturated carbocycles. The number of rotatable bonds is 10. The van der Waals surface area contributed by atoms with Crippen molar-refractivity contribution in [3.8, 4) is 0 Å². The van der Waals surface area contributed by atoms with Crippen molar-refractivity contribution in [1.82, 2.24) is 0 Å². The molecule has 146 valence electrons. The maximum absolute atomic E-state index is 12.8. The molecule has 4 atom stereocenters. The van der Waals surface area contributed by atoms with Gasteiger partial charge in [0.05, 0.1) is 17.6 Å². The first-order valence-electron chi connectivity index (χ1n) is 8.25. The molecular weight excluding hydrogens is 420 g/mol. The van der Waals surface area contributed by atoms with Crippen molar-refractivity contribution in [2.24, 2.45) is 5.92 Å². The van der Waals surface area contributed by atoms with Crippen LogP contribution in [-0.4, -0.2) is 44.9 Å². The molecule has 0 bridgehead atoms. The molecule has 0 heterocycles. The molecule has 0 radical (unpaired) electrons. The zero-order chi connectivity index (χ0) is 19.9. The lowest BCUT2D eigenvalue weighted by atomic mass is 9.97. The Bertz CT molecular complexity index is 712. The number of hydrogen-bond donors (Lipinski definition) is 1. The molecule has 5 nitrogen and oxygen atoms in total. The van der Waals surface area contributed by atoms with Gasteiger partial charge in [0.2, 0.25) is 9.84 Å². The Labute approximate surface area is 164 Å². The van der Waals surface area contributed by atoms with Crippen LogP contribution in [0.2, 0.25) is 0 Å². The van der Waals surface area contributed by atoms with Crippen molar-refractivity contribution >= 4 is 25.8 Å². The monoisotopic (exact) mass is 446 g/mol. The van der Waals surface area contributed by atoms with Crippen molar-refractivity contribution in [2.75, 3.05) is 13.7 Å². The van der Waals surface area contributed by atoms with Crippen molar-refractivity contribution in [3.05, 3.63) is 53.0 Å². The summed E-state index contributed by atoms with van der Waals surface area (Å²) in [6.07, 6.45) is 2.37. The maximum Gasteiger partial charge on any atom is 0.204 e. The molecule has 26 heavy (non-hydrogen) atoms. The summed E-state index contributed by atoms with van der Waals surface area (Å²) in [6, 6.07) is 6.42. The highest BCUT2D eigenvalue weighted by atomic mass is 79.9. The van der Waals surface area contributed by atoms with Crippen LogP contribution in [0, 0.1) is 5.92 Å². The summed E-state index contributed by atoms with van der Waals surface area (Å²) in [5.41, 5.74) is -0.301. The molecule has 7 heteroatoms. The summed E-state index contributed by atoms with van der Waals surface area (Å²) in [5.74, 6) is -0.187. The Balaban J connectivity index is 3.12. The molecule has 0 aromatic heterocycles. The summed E-state index contributed by atoms with van der Waals surface area (Å²) in [7, 11) is -2.15. The molecule has 1 aromatic rings. The third-order valence-corrected chi connectivity index (χ3v) is 6.51. The number of hydrogen-bond acceptors (Lipinski definition) is 5. The van der Waals surface area contributed by atoms with E-state index >= 15 is 0 Å². The number of aliphatic hydroxyl groups excluding tert-OH is 1. The Morgan fingerprint density at radius 3 is 2.35 bits per heavy atom. The van der Waals surface area contributed by atoms with E-state index in [0.29, 0.717) is 0 Å². The first-order valence-corrected chi connectivity index (χ1v) is 10.6. The Kier molecular flexibility index (Phi) is 9.19. The summed E-state index contributed by atoms with van der Waals surface area (Å²) in [4.78, 5) is 0.189. The Morgan fingerprint density at radius 2 is 1.88 bits per heavy atom. The van der Waals surface area contributed by atoms with E-state index in [-0.39, 0.29) is 17.4 Å². The highest BCUT2D eigenvalue weighted by Crippen LogP contribution is 2.25. The van der Waals surface area contributed by atoms with Gasteiger partial charge in [0.1, 0.15) is 6.10 Å². The van der Waals surface area contributed by atoms with Crippen LogP contribution in [0.15, 0.2) is 57.9 Å². The van der Waals surface area contributed by atoms with E-state index in [9.17, 15) is 13.5 Å². The summed E-state index contributed by atoms with van der Waals surface area (Å²) < 4.78 is 37.8. The average molecular weight is 447 g/mol. The van der Waals surface area contributed by atoms with Crippen LogP contribution < -0.4 is 0 Å². The quantitative estimate of drug-likeness (QED) is 0.554. The van der Waals surface area contributed by atoms with Crippen LogP contribution in [0.4, 0.5) is 0 Å². The van der Waals surface area contributed by atoms with Crippen LogP contribution in [-0.2, 0) is 19.3 Å². The first kappa shape index (κ1) is 23.0. The van der Waals surface area contributed by atoms with Gasteiger partial charge in [0.15, 0.2) is 5.44 Å². The molecule has 0 aliphatic carbocycles. The van der Waals surface area contributed by atoms with Crippen LogP contribution >= 0.6 is 15.9 Å². The SMILES string of the molecule is C=C[C@H](OC)[C@@H](OC(C)S(=O)(=O)c1ccc(Br)cc1)[C@H](C)/C=C(/C)CO. The largest absolute Gasteiger partial charge is 0.392 e.